The molecule has 0 N–H and O–H groups in total. The topological polar surface area (TPSA) is 52.6 Å². The summed E-state index contributed by atoms with van der Waals surface area (Å²) in [6.07, 6.45) is -0.114. The number of hydrogen-bond acceptors (Lipinski definition) is 4. The van der Waals surface area contributed by atoms with E-state index in [0.29, 0.717) is 0 Å². The van der Waals surface area contributed by atoms with Gasteiger partial charge >= 0.3 is 12.1 Å². The Bertz CT molecular complexity index is 200. The van der Waals surface area contributed by atoms with Gasteiger partial charge in [0.05, 0.1) is 0 Å². The van der Waals surface area contributed by atoms with Gasteiger partial charge in [0.1, 0.15) is 5.60 Å². The Hall–Kier alpha value is -1.32. The van der Waals surface area contributed by atoms with Crippen LogP contribution in [-0.4, -0.2) is 17.7 Å². The minimum atomic E-state index is -1.01. The standard InChI is InChI=1S/C8H12O4/c1-5-6(9)11-7(10)12-8(2,3)4/h5H,1H2,2-4H3. The monoisotopic (exact) mass is 172 g/mol. The SMILES string of the molecule is C=CC(=O)OC(=O)OC(C)(C)C. The Morgan fingerprint density at radius 1 is 1.33 bits per heavy atom. The van der Waals surface area contributed by atoms with Crippen molar-refractivity contribution in [3.8, 4) is 0 Å². The van der Waals surface area contributed by atoms with E-state index in [9.17, 15) is 9.59 Å². The molecule has 0 bridgehead atoms. The summed E-state index contributed by atoms with van der Waals surface area (Å²) in [7, 11) is 0. The molecule has 68 valence electrons. The largest absolute Gasteiger partial charge is 0.516 e. The highest BCUT2D eigenvalue weighted by atomic mass is 16.7. The number of hydrogen-bond donors (Lipinski definition) is 0. The van der Waals surface area contributed by atoms with Crippen molar-refractivity contribution in [1.29, 1.82) is 0 Å². The van der Waals surface area contributed by atoms with Gasteiger partial charge in [-0.15, -0.1) is 0 Å². The molecule has 0 radical (unpaired) electrons. The highest BCUT2D eigenvalue weighted by Gasteiger charge is 2.18. The van der Waals surface area contributed by atoms with Crippen molar-refractivity contribution in [3.63, 3.8) is 0 Å². The molecule has 0 amide bonds. The number of rotatable bonds is 1. The van der Waals surface area contributed by atoms with Gasteiger partial charge in [0.15, 0.2) is 0 Å². The first-order chi connectivity index (χ1) is 5.35. The zero-order valence-electron chi connectivity index (χ0n) is 7.42. The molecule has 0 aliphatic rings. The maximum absolute atomic E-state index is 10.7. The first kappa shape index (κ1) is 10.7. The summed E-state index contributed by atoms with van der Waals surface area (Å²) in [5.74, 6) is -0.816. The molecule has 0 aromatic heterocycles. The van der Waals surface area contributed by atoms with Gasteiger partial charge in [-0.3, -0.25) is 0 Å². The number of carbonyl (C=O) groups is 2. The number of ether oxygens (including phenoxy) is 2. The zero-order valence-corrected chi connectivity index (χ0v) is 7.42. The van der Waals surface area contributed by atoms with E-state index in [-0.39, 0.29) is 0 Å². The van der Waals surface area contributed by atoms with Gasteiger partial charge in [-0.1, -0.05) is 6.58 Å². The van der Waals surface area contributed by atoms with Crippen molar-refractivity contribution in [3.05, 3.63) is 12.7 Å². The van der Waals surface area contributed by atoms with E-state index in [0.717, 1.165) is 6.08 Å². The maximum Gasteiger partial charge on any atom is 0.516 e. The average molecular weight is 172 g/mol. The molecule has 0 fully saturated rings. The lowest BCUT2D eigenvalue weighted by Gasteiger charge is -2.17. The molecule has 0 aromatic rings. The third kappa shape index (κ3) is 5.46. The third-order valence-corrected chi connectivity index (χ3v) is 0.740. The number of esters is 1. The van der Waals surface area contributed by atoms with Crippen molar-refractivity contribution in [2.75, 3.05) is 0 Å². The molecule has 0 atom stereocenters. The Labute approximate surface area is 71.2 Å². The van der Waals surface area contributed by atoms with E-state index in [1.165, 1.54) is 0 Å². The average Bonchev–Trinajstić information content (AvgIpc) is 1.82. The van der Waals surface area contributed by atoms with Crippen LogP contribution >= 0.6 is 0 Å². The lowest BCUT2D eigenvalue weighted by Crippen LogP contribution is -2.25. The second-order valence-electron chi connectivity index (χ2n) is 3.09. The van der Waals surface area contributed by atoms with Crippen molar-refractivity contribution < 1.29 is 19.1 Å². The van der Waals surface area contributed by atoms with Gasteiger partial charge < -0.3 is 9.47 Å². The van der Waals surface area contributed by atoms with Crippen LogP contribution in [0, 0.1) is 0 Å². The van der Waals surface area contributed by atoms with Crippen molar-refractivity contribution in [2.45, 2.75) is 26.4 Å². The Morgan fingerprint density at radius 2 is 1.83 bits per heavy atom. The van der Waals surface area contributed by atoms with Crippen molar-refractivity contribution >= 4 is 12.1 Å². The molecular formula is C8H12O4. The van der Waals surface area contributed by atoms with E-state index in [2.05, 4.69) is 16.1 Å². The van der Waals surface area contributed by atoms with Gasteiger partial charge in [0, 0.05) is 6.08 Å². The molecule has 0 saturated carbocycles. The molecule has 0 saturated heterocycles. The summed E-state index contributed by atoms with van der Waals surface area (Å²) >= 11 is 0. The van der Waals surface area contributed by atoms with Crippen molar-refractivity contribution in [1.82, 2.24) is 0 Å². The Kier molecular flexibility index (Phi) is 3.47. The van der Waals surface area contributed by atoms with Gasteiger partial charge in [-0.2, -0.15) is 0 Å². The summed E-state index contributed by atoms with van der Waals surface area (Å²) in [4.78, 5) is 21.2. The van der Waals surface area contributed by atoms with E-state index >= 15 is 0 Å². The first-order valence-electron chi connectivity index (χ1n) is 3.42. The molecule has 4 nitrogen and oxygen atoms in total. The third-order valence-electron chi connectivity index (χ3n) is 0.740. The molecule has 0 spiro atoms. The van der Waals surface area contributed by atoms with Crippen LogP contribution in [0.5, 0.6) is 0 Å². The van der Waals surface area contributed by atoms with E-state index < -0.39 is 17.7 Å². The second-order valence-corrected chi connectivity index (χ2v) is 3.09. The summed E-state index contributed by atoms with van der Waals surface area (Å²) in [6.45, 7) is 8.15. The Morgan fingerprint density at radius 3 is 2.17 bits per heavy atom. The van der Waals surface area contributed by atoms with E-state index in [4.69, 9.17) is 0 Å². The molecule has 0 heterocycles. The minimum Gasteiger partial charge on any atom is -0.428 e. The predicted octanol–water partition coefficient (Wildman–Crippen LogP) is 1.65. The molecule has 4 heteroatoms. The summed E-state index contributed by atoms with van der Waals surface area (Å²) in [6, 6.07) is 0. The van der Waals surface area contributed by atoms with Crippen LogP contribution in [0.3, 0.4) is 0 Å². The second kappa shape index (κ2) is 3.90. The van der Waals surface area contributed by atoms with Crippen LogP contribution in [0.2, 0.25) is 0 Å². The molecule has 0 unspecified atom stereocenters. The molecule has 0 rings (SSSR count). The smallest absolute Gasteiger partial charge is 0.428 e. The fourth-order valence-corrected chi connectivity index (χ4v) is 0.395. The van der Waals surface area contributed by atoms with Gasteiger partial charge in [0.2, 0.25) is 0 Å². The van der Waals surface area contributed by atoms with Gasteiger partial charge in [-0.25, -0.2) is 9.59 Å². The lowest BCUT2D eigenvalue weighted by atomic mass is 10.2. The highest BCUT2D eigenvalue weighted by molar-refractivity contribution is 5.89. The van der Waals surface area contributed by atoms with E-state index in [1.807, 2.05) is 0 Å². The molecule has 12 heavy (non-hydrogen) atoms. The van der Waals surface area contributed by atoms with Crippen LogP contribution < -0.4 is 0 Å². The van der Waals surface area contributed by atoms with Crippen LogP contribution in [0.15, 0.2) is 12.7 Å². The summed E-state index contributed by atoms with van der Waals surface area (Å²) < 4.78 is 8.84. The minimum absolute atomic E-state index is 0.654. The normalized spacial score (nSPS) is 10.2. The van der Waals surface area contributed by atoms with Crippen LogP contribution in [0.25, 0.3) is 0 Å². The van der Waals surface area contributed by atoms with Crippen LogP contribution in [0.4, 0.5) is 4.79 Å². The Balaban J connectivity index is 3.91. The van der Waals surface area contributed by atoms with Gasteiger partial charge in [-0.05, 0) is 20.8 Å². The van der Waals surface area contributed by atoms with Crippen LogP contribution in [0.1, 0.15) is 20.8 Å². The summed E-state index contributed by atoms with van der Waals surface area (Å²) in [5, 5.41) is 0. The number of carbonyl (C=O) groups excluding carboxylic acids is 2. The molecular weight excluding hydrogens is 160 g/mol. The first-order valence-corrected chi connectivity index (χ1v) is 3.42. The van der Waals surface area contributed by atoms with Crippen LogP contribution in [-0.2, 0) is 14.3 Å². The van der Waals surface area contributed by atoms with E-state index in [1.54, 1.807) is 20.8 Å². The highest BCUT2D eigenvalue weighted by Crippen LogP contribution is 2.07. The predicted molar refractivity (Wildman–Crippen MR) is 42.5 cm³/mol. The maximum atomic E-state index is 10.7. The van der Waals surface area contributed by atoms with Crippen molar-refractivity contribution in [2.24, 2.45) is 0 Å². The quantitative estimate of drug-likeness (QED) is 0.343. The van der Waals surface area contributed by atoms with Gasteiger partial charge in [0.25, 0.3) is 0 Å². The molecule has 0 aliphatic heterocycles. The summed E-state index contributed by atoms with van der Waals surface area (Å²) in [5.41, 5.74) is -0.654. The fourth-order valence-electron chi connectivity index (χ4n) is 0.395. The zero-order chi connectivity index (χ0) is 9.78. The fraction of sp³-hybridized carbons (Fsp3) is 0.500. The lowest BCUT2D eigenvalue weighted by molar-refractivity contribution is -0.135. The molecule has 0 aromatic carbocycles. The molecule has 0 aliphatic carbocycles.